The molecule has 23 heavy (non-hydrogen) atoms. The van der Waals surface area contributed by atoms with E-state index in [1.807, 2.05) is 0 Å². The van der Waals surface area contributed by atoms with Gasteiger partial charge in [-0.25, -0.2) is 14.4 Å². The molecule has 0 saturated heterocycles. The number of carbonyl (C=O) groups excluding carboxylic acids is 1. The van der Waals surface area contributed by atoms with E-state index < -0.39 is 0 Å². The molecule has 0 radical (unpaired) electrons. The van der Waals surface area contributed by atoms with Gasteiger partial charge in [-0.05, 0) is 24.0 Å². The third-order valence-electron chi connectivity index (χ3n) is 3.21. The van der Waals surface area contributed by atoms with Crippen LogP contribution in [0, 0.1) is 11.7 Å². The number of anilines is 1. The summed E-state index contributed by atoms with van der Waals surface area (Å²) in [6, 6.07) is 6.53. The summed E-state index contributed by atoms with van der Waals surface area (Å²) < 4.78 is 13.5. The molecule has 1 aromatic carbocycles. The first kappa shape index (κ1) is 16.9. The van der Waals surface area contributed by atoms with E-state index in [4.69, 9.17) is 0 Å². The summed E-state index contributed by atoms with van der Waals surface area (Å²) in [5.41, 5.74) is 0.820. The van der Waals surface area contributed by atoms with Crippen molar-refractivity contribution in [3.05, 3.63) is 53.7 Å². The Kier molecular flexibility index (Phi) is 6.02. The summed E-state index contributed by atoms with van der Waals surface area (Å²) in [6.07, 6.45) is 3.40. The lowest BCUT2D eigenvalue weighted by atomic mass is 10.1. The third-order valence-corrected chi connectivity index (χ3v) is 3.21. The molecule has 0 atom stereocenters. The maximum atomic E-state index is 13.5. The number of halogens is 1. The molecule has 0 bridgehead atoms. The first-order valence-electron chi connectivity index (χ1n) is 7.64. The van der Waals surface area contributed by atoms with E-state index in [-0.39, 0.29) is 17.4 Å². The average Bonchev–Trinajstić information content (AvgIpc) is 2.55. The Morgan fingerprint density at radius 3 is 2.65 bits per heavy atom. The summed E-state index contributed by atoms with van der Waals surface area (Å²) in [5.74, 6) is 0.561. The second-order valence-corrected chi connectivity index (χ2v) is 5.66. The van der Waals surface area contributed by atoms with E-state index in [0.717, 1.165) is 6.54 Å². The highest BCUT2D eigenvalue weighted by Gasteiger charge is 2.08. The fourth-order valence-electron chi connectivity index (χ4n) is 1.95. The molecule has 0 aliphatic heterocycles. The van der Waals surface area contributed by atoms with Crippen molar-refractivity contribution in [2.45, 2.75) is 20.3 Å². The molecule has 2 N–H and O–H groups in total. The highest BCUT2D eigenvalue weighted by Crippen LogP contribution is 2.06. The zero-order chi connectivity index (χ0) is 16.7. The number of benzene rings is 1. The Labute approximate surface area is 135 Å². The fraction of sp³-hybridized carbons (Fsp3) is 0.353. The number of nitrogens with zero attached hydrogens (tertiary/aromatic N) is 2. The predicted molar refractivity (Wildman–Crippen MR) is 87.8 cm³/mol. The van der Waals surface area contributed by atoms with Crippen molar-refractivity contribution in [3.63, 3.8) is 0 Å². The number of hydrogen-bond acceptors (Lipinski definition) is 4. The Morgan fingerprint density at radius 1 is 1.22 bits per heavy atom. The molecule has 2 rings (SSSR count). The minimum absolute atomic E-state index is 0.244. The molecular formula is C17H21FN4O. The maximum absolute atomic E-state index is 13.5. The van der Waals surface area contributed by atoms with Crippen LogP contribution in [0.3, 0.4) is 0 Å². The van der Waals surface area contributed by atoms with Gasteiger partial charge in [-0.2, -0.15) is 0 Å². The maximum Gasteiger partial charge on any atom is 0.271 e. The summed E-state index contributed by atoms with van der Waals surface area (Å²) in [5, 5.41) is 5.85. The smallest absolute Gasteiger partial charge is 0.271 e. The second-order valence-electron chi connectivity index (χ2n) is 5.66. The Morgan fingerprint density at radius 2 is 2.00 bits per heavy atom. The second kappa shape index (κ2) is 8.22. The van der Waals surface area contributed by atoms with E-state index in [0.29, 0.717) is 30.3 Å². The van der Waals surface area contributed by atoms with Crippen LogP contribution in [-0.2, 0) is 6.42 Å². The van der Waals surface area contributed by atoms with Gasteiger partial charge in [0, 0.05) is 13.1 Å². The summed E-state index contributed by atoms with van der Waals surface area (Å²) >= 11 is 0. The zero-order valence-corrected chi connectivity index (χ0v) is 13.3. The SMILES string of the molecule is CC(C)CNc1cnc(C(=O)NCCc2ccccc2F)cn1. The molecule has 1 amide bonds. The molecule has 6 heteroatoms. The lowest BCUT2D eigenvalue weighted by Gasteiger charge is -2.08. The van der Waals surface area contributed by atoms with E-state index >= 15 is 0 Å². The van der Waals surface area contributed by atoms with Gasteiger partial charge in [0.25, 0.3) is 5.91 Å². The lowest BCUT2D eigenvalue weighted by Crippen LogP contribution is -2.27. The number of carbonyl (C=O) groups is 1. The van der Waals surface area contributed by atoms with Gasteiger partial charge in [0.2, 0.25) is 0 Å². The fourth-order valence-corrected chi connectivity index (χ4v) is 1.95. The Hall–Kier alpha value is -2.50. The van der Waals surface area contributed by atoms with E-state index in [1.54, 1.807) is 18.2 Å². The minimum atomic E-state index is -0.316. The van der Waals surface area contributed by atoms with Crippen molar-refractivity contribution < 1.29 is 9.18 Å². The molecule has 122 valence electrons. The van der Waals surface area contributed by atoms with Gasteiger partial charge in [0.15, 0.2) is 0 Å². The van der Waals surface area contributed by atoms with E-state index in [2.05, 4.69) is 34.4 Å². The van der Waals surface area contributed by atoms with Crippen LogP contribution >= 0.6 is 0 Å². The van der Waals surface area contributed by atoms with Gasteiger partial charge in [-0.1, -0.05) is 32.0 Å². The molecule has 0 saturated carbocycles. The van der Waals surface area contributed by atoms with Crippen molar-refractivity contribution in [2.24, 2.45) is 5.92 Å². The Bertz CT molecular complexity index is 643. The molecule has 1 aromatic heterocycles. The first-order valence-corrected chi connectivity index (χ1v) is 7.64. The quantitative estimate of drug-likeness (QED) is 0.824. The monoisotopic (exact) mass is 316 g/mol. The third kappa shape index (κ3) is 5.32. The predicted octanol–water partition coefficient (Wildman–Crippen LogP) is 2.66. The summed E-state index contributed by atoms with van der Waals surface area (Å²) in [7, 11) is 0. The first-order chi connectivity index (χ1) is 11.1. The van der Waals surface area contributed by atoms with Crippen molar-refractivity contribution in [1.29, 1.82) is 0 Å². The standard InChI is InChI=1S/C17H21FN4O/c1-12(2)9-21-16-11-20-15(10-22-16)17(23)19-8-7-13-5-3-4-6-14(13)18/h3-6,10-12H,7-9H2,1-2H3,(H,19,23)(H,21,22). The Balaban J connectivity index is 1.82. The molecule has 0 aliphatic carbocycles. The normalized spacial score (nSPS) is 10.6. The van der Waals surface area contributed by atoms with Gasteiger partial charge in [0.05, 0.1) is 12.4 Å². The number of hydrogen-bond donors (Lipinski definition) is 2. The van der Waals surface area contributed by atoms with Crippen molar-refractivity contribution in [3.8, 4) is 0 Å². The molecule has 0 spiro atoms. The molecule has 0 unspecified atom stereocenters. The van der Waals surface area contributed by atoms with Crippen LogP contribution in [0.15, 0.2) is 36.7 Å². The van der Waals surface area contributed by atoms with Crippen LogP contribution in [0.5, 0.6) is 0 Å². The average molecular weight is 316 g/mol. The number of nitrogens with one attached hydrogen (secondary N) is 2. The molecule has 2 aromatic rings. The molecule has 0 fully saturated rings. The van der Waals surface area contributed by atoms with Gasteiger partial charge in [0.1, 0.15) is 17.3 Å². The van der Waals surface area contributed by atoms with Crippen LogP contribution in [0.1, 0.15) is 29.9 Å². The lowest BCUT2D eigenvalue weighted by molar-refractivity contribution is 0.0948. The van der Waals surface area contributed by atoms with Gasteiger partial charge in [-0.15, -0.1) is 0 Å². The minimum Gasteiger partial charge on any atom is -0.369 e. The van der Waals surface area contributed by atoms with Crippen molar-refractivity contribution in [1.82, 2.24) is 15.3 Å². The van der Waals surface area contributed by atoms with Crippen LogP contribution in [0.2, 0.25) is 0 Å². The molecule has 1 heterocycles. The van der Waals surface area contributed by atoms with Crippen molar-refractivity contribution >= 4 is 11.7 Å². The highest BCUT2D eigenvalue weighted by atomic mass is 19.1. The van der Waals surface area contributed by atoms with Crippen LogP contribution in [-0.4, -0.2) is 29.0 Å². The number of amides is 1. The van der Waals surface area contributed by atoms with Crippen molar-refractivity contribution in [2.75, 3.05) is 18.4 Å². The van der Waals surface area contributed by atoms with Gasteiger partial charge in [-0.3, -0.25) is 4.79 Å². The topological polar surface area (TPSA) is 66.9 Å². The largest absolute Gasteiger partial charge is 0.369 e. The van der Waals surface area contributed by atoms with Crippen LogP contribution in [0.4, 0.5) is 10.2 Å². The number of aromatic nitrogens is 2. The van der Waals surface area contributed by atoms with Gasteiger partial charge < -0.3 is 10.6 Å². The zero-order valence-electron chi connectivity index (χ0n) is 13.3. The molecule has 5 nitrogen and oxygen atoms in total. The molecular weight excluding hydrogens is 295 g/mol. The number of rotatable bonds is 7. The van der Waals surface area contributed by atoms with Crippen LogP contribution in [0.25, 0.3) is 0 Å². The van der Waals surface area contributed by atoms with E-state index in [9.17, 15) is 9.18 Å². The summed E-state index contributed by atoms with van der Waals surface area (Å²) in [6.45, 7) is 5.33. The van der Waals surface area contributed by atoms with Gasteiger partial charge >= 0.3 is 0 Å². The summed E-state index contributed by atoms with van der Waals surface area (Å²) in [4.78, 5) is 20.2. The van der Waals surface area contributed by atoms with Crippen LogP contribution < -0.4 is 10.6 Å². The highest BCUT2D eigenvalue weighted by molar-refractivity contribution is 5.91. The molecule has 0 aliphatic rings. The van der Waals surface area contributed by atoms with E-state index in [1.165, 1.54) is 18.5 Å².